The van der Waals surface area contributed by atoms with Gasteiger partial charge in [-0.2, -0.15) is 0 Å². The number of aromatic amines is 1. The highest BCUT2D eigenvalue weighted by atomic mass is 32.2. The molecule has 2 N–H and O–H groups in total. The predicted molar refractivity (Wildman–Crippen MR) is 99.2 cm³/mol. The van der Waals surface area contributed by atoms with Gasteiger partial charge in [0.05, 0.1) is 0 Å². The number of likely N-dealkylation sites (tertiary alicyclic amines) is 1. The maximum absolute atomic E-state index is 12.6. The molecule has 0 aliphatic carbocycles. The van der Waals surface area contributed by atoms with Gasteiger partial charge in [-0.25, -0.2) is 0 Å². The summed E-state index contributed by atoms with van der Waals surface area (Å²) in [5.41, 5.74) is 3.94. The van der Waals surface area contributed by atoms with Gasteiger partial charge in [-0.15, -0.1) is 0 Å². The van der Waals surface area contributed by atoms with Crippen LogP contribution in [0, 0.1) is 6.92 Å². The number of fused-ring (bicyclic) bond motifs is 1. The molecule has 1 aromatic carbocycles. The van der Waals surface area contributed by atoms with Crippen molar-refractivity contribution in [1.82, 2.24) is 9.88 Å². The molecule has 1 aliphatic rings. The van der Waals surface area contributed by atoms with Crippen LogP contribution in [0.5, 0.6) is 0 Å². The first-order valence-electron chi connectivity index (χ1n) is 8.50. The molecule has 1 amide bonds. The second kappa shape index (κ2) is 7.30. The monoisotopic (exact) mass is 331 g/mol. The number of hydrogen-bond acceptors (Lipinski definition) is 3. The Morgan fingerprint density at radius 2 is 2.13 bits per heavy atom. The van der Waals surface area contributed by atoms with Crippen LogP contribution in [0.1, 0.15) is 48.7 Å². The van der Waals surface area contributed by atoms with E-state index in [1.54, 1.807) is 11.9 Å². The fourth-order valence-corrected chi connectivity index (χ4v) is 3.86. The molecule has 5 heteroatoms. The highest BCUT2D eigenvalue weighted by molar-refractivity contribution is 8.00. The molecule has 1 aromatic heterocycles. The third-order valence-electron chi connectivity index (χ3n) is 4.46. The molecule has 0 unspecified atom stereocenters. The largest absolute Gasteiger partial charge is 0.350 e. The summed E-state index contributed by atoms with van der Waals surface area (Å²) in [7, 11) is 0. The first kappa shape index (κ1) is 16.2. The third-order valence-corrected chi connectivity index (χ3v) is 5.33. The number of anilines is 1. The van der Waals surface area contributed by atoms with E-state index < -0.39 is 0 Å². The molecule has 1 fully saturated rings. The van der Waals surface area contributed by atoms with Crippen LogP contribution in [0.15, 0.2) is 18.2 Å². The van der Waals surface area contributed by atoms with E-state index in [2.05, 4.69) is 34.8 Å². The molecule has 2 heterocycles. The number of benzene rings is 1. The maximum atomic E-state index is 12.6. The van der Waals surface area contributed by atoms with Crippen LogP contribution in [0.4, 0.5) is 5.69 Å². The fourth-order valence-electron chi connectivity index (χ4n) is 3.03. The number of rotatable bonds is 6. The van der Waals surface area contributed by atoms with Crippen molar-refractivity contribution in [1.29, 1.82) is 0 Å². The predicted octanol–water partition coefficient (Wildman–Crippen LogP) is 4.57. The van der Waals surface area contributed by atoms with Gasteiger partial charge in [0.25, 0.3) is 5.91 Å². The van der Waals surface area contributed by atoms with Crippen molar-refractivity contribution in [3.63, 3.8) is 0 Å². The molecule has 0 radical (unpaired) electrons. The fraction of sp³-hybridized carbons (Fsp3) is 0.500. The van der Waals surface area contributed by atoms with Gasteiger partial charge in [0.1, 0.15) is 5.69 Å². The lowest BCUT2D eigenvalue weighted by Gasteiger charge is -2.14. The summed E-state index contributed by atoms with van der Waals surface area (Å²) in [6.45, 7) is 6.01. The van der Waals surface area contributed by atoms with E-state index in [-0.39, 0.29) is 5.91 Å². The Hall–Kier alpha value is -1.62. The molecular weight excluding hydrogens is 306 g/mol. The standard InChI is InChI=1S/C18H25N3OS/c1-3-4-11-23-20-14-7-8-16-15(12-14)13(2)17(19-16)18(22)21-9-5-6-10-21/h7-8,12,19-20H,3-6,9-11H2,1-2H3. The van der Waals surface area contributed by atoms with Gasteiger partial charge in [-0.1, -0.05) is 25.3 Å². The Morgan fingerprint density at radius 1 is 1.35 bits per heavy atom. The van der Waals surface area contributed by atoms with Crippen LogP contribution < -0.4 is 4.72 Å². The zero-order valence-electron chi connectivity index (χ0n) is 13.9. The molecular formula is C18H25N3OS. The normalized spacial score (nSPS) is 14.6. The van der Waals surface area contributed by atoms with Gasteiger partial charge < -0.3 is 14.6 Å². The van der Waals surface area contributed by atoms with Crippen molar-refractivity contribution >= 4 is 34.4 Å². The van der Waals surface area contributed by atoms with Gasteiger partial charge in [0.15, 0.2) is 0 Å². The number of carbonyl (C=O) groups excluding carboxylic acids is 1. The van der Waals surface area contributed by atoms with Gasteiger partial charge in [-0.05, 0) is 49.9 Å². The first-order valence-corrected chi connectivity index (χ1v) is 9.48. The summed E-state index contributed by atoms with van der Waals surface area (Å²) < 4.78 is 3.40. The molecule has 0 atom stereocenters. The number of hydrogen-bond donors (Lipinski definition) is 2. The quantitative estimate of drug-likeness (QED) is 0.602. The molecule has 1 aliphatic heterocycles. The summed E-state index contributed by atoms with van der Waals surface area (Å²) in [6, 6.07) is 6.27. The summed E-state index contributed by atoms with van der Waals surface area (Å²) in [5.74, 6) is 1.25. The number of aryl methyl sites for hydroxylation is 1. The van der Waals surface area contributed by atoms with Crippen LogP contribution in [-0.2, 0) is 0 Å². The van der Waals surface area contributed by atoms with Crippen LogP contribution in [0.3, 0.4) is 0 Å². The second-order valence-corrected chi connectivity index (χ2v) is 7.09. The topological polar surface area (TPSA) is 48.1 Å². The van der Waals surface area contributed by atoms with Crippen molar-refractivity contribution in [2.75, 3.05) is 23.6 Å². The molecule has 1 saturated heterocycles. The van der Waals surface area contributed by atoms with E-state index in [9.17, 15) is 4.79 Å². The lowest BCUT2D eigenvalue weighted by molar-refractivity contribution is 0.0787. The van der Waals surface area contributed by atoms with Gasteiger partial charge in [0.2, 0.25) is 0 Å². The van der Waals surface area contributed by atoms with Crippen LogP contribution in [-0.4, -0.2) is 34.6 Å². The molecule has 2 aromatic rings. The van der Waals surface area contributed by atoms with Gasteiger partial charge in [0, 0.05) is 35.4 Å². The molecule has 23 heavy (non-hydrogen) atoms. The Kier molecular flexibility index (Phi) is 5.16. The average Bonchev–Trinajstić information content (AvgIpc) is 3.20. The maximum Gasteiger partial charge on any atom is 0.270 e. The Morgan fingerprint density at radius 3 is 2.87 bits per heavy atom. The average molecular weight is 331 g/mol. The smallest absolute Gasteiger partial charge is 0.270 e. The number of amides is 1. The van der Waals surface area contributed by atoms with Crippen molar-refractivity contribution in [3.8, 4) is 0 Å². The van der Waals surface area contributed by atoms with Crippen molar-refractivity contribution < 1.29 is 4.79 Å². The minimum Gasteiger partial charge on any atom is -0.350 e. The molecule has 3 rings (SSSR count). The molecule has 0 bridgehead atoms. The Bertz CT molecular complexity index is 689. The number of aromatic nitrogens is 1. The summed E-state index contributed by atoms with van der Waals surface area (Å²) >= 11 is 1.74. The lowest BCUT2D eigenvalue weighted by Crippen LogP contribution is -2.28. The van der Waals surface area contributed by atoms with E-state index in [0.29, 0.717) is 0 Å². The molecule has 4 nitrogen and oxygen atoms in total. The van der Waals surface area contributed by atoms with E-state index >= 15 is 0 Å². The summed E-state index contributed by atoms with van der Waals surface area (Å²) in [5, 5.41) is 1.13. The molecule has 124 valence electrons. The SMILES string of the molecule is CCCCSNc1ccc2[nH]c(C(=O)N3CCCC3)c(C)c2c1. The van der Waals surface area contributed by atoms with E-state index in [1.165, 1.54) is 12.8 Å². The van der Waals surface area contributed by atoms with Crippen LogP contribution in [0.25, 0.3) is 10.9 Å². The Balaban J connectivity index is 1.79. The van der Waals surface area contributed by atoms with Crippen molar-refractivity contribution in [2.45, 2.75) is 39.5 Å². The third kappa shape index (κ3) is 3.50. The minimum absolute atomic E-state index is 0.142. The summed E-state index contributed by atoms with van der Waals surface area (Å²) in [4.78, 5) is 17.9. The number of nitrogens with one attached hydrogen (secondary N) is 2. The zero-order valence-corrected chi connectivity index (χ0v) is 14.8. The van der Waals surface area contributed by atoms with E-state index in [4.69, 9.17) is 0 Å². The van der Waals surface area contributed by atoms with Crippen LogP contribution >= 0.6 is 11.9 Å². The highest BCUT2D eigenvalue weighted by Crippen LogP contribution is 2.27. The van der Waals surface area contributed by atoms with E-state index in [0.717, 1.165) is 59.5 Å². The van der Waals surface area contributed by atoms with Gasteiger partial charge in [-0.3, -0.25) is 4.79 Å². The van der Waals surface area contributed by atoms with Crippen molar-refractivity contribution in [2.24, 2.45) is 0 Å². The minimum atomic E-state index is 0.142. The van der Waals surface area contributed by atoms with Gasteiger partial charge >= 0.3 is 0 Å². The Labute approximate surface area is 142 Å². The van der Waals surface area contributed by atoms with Crippen molar-refractivity contribution in [3.05, 3.63) is 29.5 Å². The first-order chi connectivity index (χ1) is 11.2. The number of H-pyrrole nitrogens is 1. The molecule has 0 saturated carbocycles. The number of unbranched alkanes of at least 4 members (excludes halogenated alkanes) is 1. The number of nitrogens with zero attached hydrogens (tertiary/aromatic N) is 1. The van der Waals surface area contributed by atoms with Crippen LogP contribution in [0.2, 0.25) is 0 Å². The lowest BCUT2D eigenvalue weighted by atomic mass is 10.1. The zero-order chi connectivity index (χ0) is 16.2. The summed E-state index contributed by atoms with van der Waals surface area (Å²) in [6.07, 6.45) is 4.67. The highest BCUT2D eigenvalue weighted by Gasteiger charge is 2.23. The second-order valence-electron chi connectivity index (χ2n) is 6.19. The van der Waals surface area contributed by atoms with E-state index in [1.807, 2.05) is 11.8 Å². The number of carbonyl (C=O) groups is 1. The molecule has 0 spiro atoms.